The highest BCUT2D eigenvalue weighted by Crippen LogP contribution is 2.43. The van der Waals surface area contributed by atoms with Gasteiger partial charge in [-0.2, -0.15) is 0 Å². The van der Waals surface area contributed by atoms with Crippen molar-refractivity contribution in [2.24, 2.45) is 0 Å². The van der Waals surface area contributed by atoms with E-state index in [2.05, 4.69) is 34.6 Å². The normalized spacial score (nSPS) is 25.8. The summed E-state index contributed by atoms with van der Waals surface area (Å²) in [5, 5.41) is 13.1. The van der Waals surface area contributed by atoms with Gasteiger partial charge in [-0.25, -0.2) is 4.79 Å². The molecular formula is C25H30N4O3. The first-order valence-corrected chi connectivity index (χ1v) is 11.6. The molecule has 2 aromatic rings. The number of rotatable bonds is 4. The average molecular weight is 435 g/mol. The van der Waals surface area contributed by atoms with Crippen LogP contribution in [0.3, 0.4) is 0 Å². The molecule has 3 amide bonds. The van der Waals surface area contributed by atoms with Gasteiger partial charge >= 0.3 is 6.03 Å². The lowest BCUT2D eigenvalue weighted by Crippen LogP contribution is -2.74. The number of hydrogen-bond acceptors (Lipinski definition) is 4. The van der Waals surface area contributed by atoms with Gasteiger partial charge in [0.05, 0.1) is 18.7 Å². The summed E-state index contributed by atoms with van der Waals surface area (Å²) >= 11 is 0. The van der Waals surface area contributed by atoms with Crippen molar-refractivity contribution in [2.45, 2.75) is 56.1 Å². The number of piperazine rings is 1. The van der Waals surface area contributed by atoms with Crippen LogP contribution < -0.4 is 5.32 Å². The van der Waals surface area contributed by atoms with Crippen LogP contribution in [0, 0.1) is 0 Å². The second-order valence-corrected chi connectivity index (χ2v) is 9.17. The standard InChI is InChI=1S/C25H30N4O3/c30-16-22-24(18-10-8-17(9-11-18)19-5-4-12-26-13-19)21-14-28(15-23(31)29(21)22)25(32)27-20-6-2-1-3-7-20/h4-5,8-13,20-22,24,30H,1-3,6-7,14-16H2,(H,27,32)/t21-,22-,24+/m1/s1. The van der Waals surface area contributed by atoms with E-state index < -0.39 is 0 Å². The second kappa shape index (κ2) is 8.90. The van der Waals surface area contributed by atoms with Gasteiger partial charge in [0.1, 0.15) is 6.54 Å². The summed E-state index contributed by atoms with van der Waals surface area (Å²) in [7, 11) is 0. The van der Waals surface area contributed by atoms with Gasteiger partial charge in [0.15, 0.2) is 0 Å². The number of urea groups is 1. The van der Waals surface area contributed by atoms with Crippen LogP contribution in [0.25, 0.3) is 11.1 Å². The Bertz CT molecular complexity index is 959. The molecule has 1 aliphatic carbocycles. The van der Waals surface area contributed by atoms with E-state index in [9.17, 15) is 14.7 Å². The molecule has 0 radical (unpaired) electrons. The predicted molar refractivity (Wildman–Crippen MR) is 121 cm³/mol. The molecule has 1 aromatic carbocycles. The van der Waals surface area contributed by atoms with Gasteiger partial charge in [-0.1, -0.05) is 49.6 Å². The fourth-order valence-electron chi connectivity index (χ4n) is 5.60. The maximum absolute atomic E-state index is 12.9. The smallest absolute Gasteiger partial charge is 0.318 e. The van der Waals surface area contributed by atoms with Crippen LogP contribution in [0.2, 0.25) is 0 Å². The summed E-state index contributed by atoms with van der Waals surface area (Å²) < 4.78 is 0. The largest absolute Gasteiger partial charge is 0.394 e. The van der Waals surface area contributed by atoms with E-state index in [1.54, 1.807) is 16.0 Å². The lowest BCUT2D eigenvalue weighted by atomic mass is 9.73. The molecule has 0 spiro atoms. The van der Waals surface area contributed by atoms with Crippen molar-refractivity contribution < 1.29 is 14.7 Å². The molecule has 5 rings (SSSR count). The Morgan fingerprint density at radius 2 is 1.88 bits per heavy atom. The van der Waals surface area contributed by atoms with E-state index in [0.29, 0.717) is 6.54 Å². The van der Waals surface area contributed by atoms with Crippen LogP contribution in [0.5, 0.6) is 0 Å². The van der Waals surface area contributed by atoms with Crippen molar-refractivity contribution in [1.82, 2.24) is 20.1 Å². The van der Waals surface area contributed by atoms with Crippen LogP contribution in [0.4, 0.5) is 4.79 Å². The first-order valence-electron chi connectivity index (χ1n) is 11.6. The van der Waals surface area contributed by atoms with E-state index in [1.807, 2.05) is 18.3 Å². The maximum atomic E-state index is 12.9. The van der Waals surface area contributed by atoms with E-state index >= 15 is 0 Å². The quantitative estimate of drug-likeness (QED) is 0.775. The van der Waals surface area contributed by atoms with Gasteiger partial charge in [-0.05, 0) is 35.6 Å². The molecule has 1 saturated carbocycles. The van der Waals surface area contributed by atoms with Crippen LogP contribution in [-0.2, 0) is 4.79 Å². The molecular weight excluding hydrogens is 404 g/mol. The molecule has 0 bridgehead atoms. The van der Waals surface area contributed by atoms with Crippen molar-refractivity contribution >= 4 is 11.9 Å². The Kier molecular flexibility index (Phi) is 5.83. The van der Waals surface area contributed by atoms with Crippen LogP contribution >= 0.6 is 0 Å². The Morgan fingerprint density at radius 3 is 2.56 bits per heavy atom. The zero-order valence-electron chi connectivity index (χ0n) is 18.2. The van der Waals surface area contributed by atoms with Crippen molar-refractivity contribution in [3.8, 4) is 11.1 Å². The Balaban J connectivity index is 1.31. The maximum Gasteiger partial charge on any atom is 0.318 e. The van der Waals surface area contributed by atoms with Crippen molar-refractivity contribution in [3.05, 3.63) is 54.4 Å². The van der Waals surface area contributed by atoms with Gasteiger partial charge in [0, 0.05) is 30.9 Å². The molecule has 1 aromatic heterocycles. The van der Waals surface area contributed by atoms with E-state index in [1.165, 1.54) is 6.42 Å². The van der Waals surface area contributed by atoms with Crippen LogP contribution in [-0.4, -0.2) is 69.7 Å². The fraction of sp³-hybridized carbons (Fsp3) is 0.480. The zero-order chi connectivity index (χ0) is 22.1. The molecule has 3 fully saturated rings. The molecule has 7 nitrogen and oxygen atoms in total. The topological polar surface area (TPSA) is 85.8 Å². The first kappa shape index (κ1) is 20.9. The first-order chi connectivity index (χ1) is 15.7. The highest BCUT2D eigenvalue weighted by Gasteiger charge is 2.54. The number of aliphatic hydroxyl groups is 1. The van der Waals surface area contributed by atoms with Crippen LogP contribution in [0.1, 0.15) is 43.6 Å². The van der Waals surface area contributed by atoms with E-state index in [4.69, 9.17) is 0 Å². The lowest BCUT2D eigenvalue weighted by molar-refractivity contribution is -0.159. The number of aromatic nitrogens is 1. The number of nitrogens with one attached hydrogen (secondary N) is 1. The number of amides is 3. The van der Waals surface area contributed by atoms with Crippen molar-refractivity contribution in [2.75, 3.05) is 19.7 Å². The number of aliphatic hydroxyl groups excluding tert-OH is 1. The van der Waals surface area contributed by atoms with E-state index in [-0.39, 0.29) is 49.1 Å². The summed E-state index contributed by atoms with van der Waals surface area (Å²) in [5.41, 5.74) is 3.21. The number of hydrogen-bond donors (Lipinski definition) is 2. The number of carbonyl (C=O) groups is 2. The summed E-state index contributed by atoms with van der Waals surface area (Å²) in [6, 6.07) is 11.9. The highest BCUT2D eigenvalue weighted by atomic mass is 16.3. The van der Waals surface area contributed by atoms with Crippen LogP contribution in [0.15, 0.2) is 48.8 Å². The summed E-state index contributed by atoms with van der Waals surface area (Å²) in [6.45, 7) is 0.500. The minimum Gasteiger partial charge on any atom is -0.394 e. The summed E-state index contributed by atoms with van der Waals surface area (Å²) in [6.07, 6.45) is 9.14. The zero-order valence-corrected chi connectivity index (χ0v) is 18.2. The fourth-order valence-corrected chi connectivity index (χ4v) is 5.60. The molecule has 2 N–H and O–H groups in total. The number of pyridine rings is 1. The highest BCUT2D eigenvalue weighted by molar-refractivity contribution is 5.87. The van der Waals surface area contributed by atoms with Gasteiger partial charge < -0.3 is 20.2 Å². The molecule has 3 atom stereocenters. The summed E-state index contributed by atoms with van der Waals surface area (Å²) in [5.74, 6) is -0.0699. The Labute approximate surface area is 188 Å². The Hall–Kier alpha value is -2.93. The average Bonchev–Trinajstić information content (AvgIpc) is 2.82. The summed E-state index contributed by atoms with van der Waals surface area (Å²) in [4.78, 5) is 33.3. The van der Waals surface area contributed by atoms with Crippen molar-refractivity contribution in [3.63, 3.8) is 0 Å². The predicted octanol–water partition coefficient (Wildman–Crippen LogP) is 2.76. The molecule has 0 unspecified atom stereocenters. The third kappa shape index (κ3) is 3.86. The number of carbonyl (C=O) groups excluding carboxylic acids is 2. The SMILES string of the molecule is O=C(NC1CCCCC1)N1CC(=O)N2[C@H](CO)[C@@H](c3ccc(-c4cccnc4)cc3)[C@H]2C1. The monoisotopic (exact) mass is 434 g/mol. The number of benzene rings is 1. The molecule has 2 aliphatic heterocycles. The molecule has 32 heavy (non-hydrogen) atoms. The van der Waals surface area contributed by atoms with E-state index in [0.717, 1.165) is 42.4 Å². The number of fused-ring (bicyclic) bond motifs is 1. The molecule has 2 saturated heterocycles. The molecule has 3 aliphatic rings. The van der Waals surface area contributed by atoms with Gasteiger partial charge in [0.2, 0.25) is 5.91 Å². The molecule has 3 heterocycles. The van der Waals surface area contributed by atoms with Gasteiger partial charge in [-0.3, -0.25) is 9.78 Å². The van der Waals surface area contributed by atoms with Gasteiger partial charge in [-0.15, -0.1) is 0 Å². The van der Waals surface area contributed by atoms with Crippen molar-refractivity contribution in [1.29, 1.82) is 0 Å². The second-order valence-electron chi connectivity index (χ2n) is 9.17. The minimum absolute atomic E-state index is 0.0113. The third-order valence-electron chi connectivity index (χ3n) is 7.26. The minimum atomic E-state index is -0.236. The van der Waals surface area contributed by atoms with Gasteiger partial charge in [0.25, 0.3) is 0 Å². The molecule has 7 heteroatoms. The third-order valence-corrected chi connectivity index (χ3v) is 7.26. The molecule has 168 valence electrons. The lowest BCUT2D eigenvalue weighted by Gasteiger charge is -2.58. The Morgan fingerprint density at radius 1 is 1.09 bits per heavy atom. The number of nitrogens with zero attached hydrogens (tertiary/aromatic N) is 3.